The van der Waals surface area contributed by atoms with Crippen LogP contribution >= 0.6 is 0 Å². The normalized spacial score (nSPS) is 17.7. The molecule has 1 aromatic rings. The highest BCUT2D eigenvalue weighted by atomic mass is 16.5. The SMILES string of the molecule is O=C(COc1cnccc1C(=O)O)NCC1CCCO1. The van der Waals surface area contributed by atoms with Crippen molar-refractivity contribution in [3.05, 3.63) is 24.0 Å². The van der Waals surface area contributed by atoms with E-state index in [2.05, 4.69) is 10.3 Å². The van der Waals surface area contributed by atoms with Crippen molar-refractivity contribution in [2.45, 2.75) is 18.9 Å². The van der Waals surface area contributed by atoms with Crippen LogP contribution in [0.1, 0.15) is 23.2 Å². The number of aromatic nitrogens is 1. The van der Waals surface area contributed by atoms with Crippen LogP contribution in [0.4, 0.5) is 0 Å². The highest BCUT2D eigenvalue weighted by molar-refractivity contribution is 5.90. The van der Waals surface area contributed by atoms with Gasteiger partial charge in [-0.1, -0.05) is 0 Å². The molecule has 7 heteroatoms. The van der Waals surface area contributed by atoms with Gasteiger partial charge in [0.05, 0.1) is 12.3 Å². The number of aromatic carboxylic acids is 1. The standard InChI is InChI=1S/C13H16N2O5/c16-12(15-6-9-2-1-5-19-9)8-20-11-7-14-4-3-10(11)13(17)18/h3-4,7,9H,1-2,5-6,8H2,(H,15,16)(H,17,18). The molecule has 20 heavy (non-hydrogen) atoms. The summed E-state index contributed by atoms with van der Waals surface area (Å²) >= 11 is 0. The van der Waals surface area contributed by atoms with E-state index in [1.54, 1.807) is 0 Å². The second-order valence-electron chi connectivity index (χ2n) is 4.40. The Morgan fingerprint density at radius 2 is 2.40 bits per heavy atom. The van der Waals surface area contributed by atoms with Gasteiger partial charge in [0, 0.05) is 19.3 Å². The fourth-order valence-corrected chi connectivity index (χ4v) is 1.90. The van der Waals surface area contributed by atoms with Crippen LogP contribution in [0.5, 0.6) is 5.75 Å². The van der Waals surface area contributed by atoms with E-state index in [1.807, 2.05) is 0 Å². The fourth-order valence-electron chi connectivity index (χ4n) is 1.90. The molecule has 1 saturated heterocycles. The Labute approximate surface area is 115 Å². The number of carboxylic acids is 1. The molecule has 0 aromatic carbocycles. The van der Waals surface area contributed by atoms with Crippen LogP contribution in [-0.2, 0) is 9.53 Å². The van der Waals surface area contributed by atoms with Gasteiger partial charge in [-0.15, -0.1) is 0 Å². The Balaban J connectivity index is 1.79. The molecule has 0 aliphatic carbocycles. The zero-order valence-electron chi connectivity index (χ0n) is 10.9. The van der Waals surface area contributed by atoms with Crippen LogP contribution in [0.2, 0.25) is 0 Å². The van der Waals surface area contributed by atoms with Crippen molar-refractivity contribution >= 4 is 11.9 Å². The quantitative estimate of drug-likeness (QED) is 0.785. The molecular weight excluding hydrogens is 264 g/mol. The van der Waals surface area contributed by atoms with Gasteiger partial charge in [0.15, 0.2) is 12.4 Å². The third-order valence-electron chi connectivity index (χ3n) is 2.92. The van der Waals surface area contributed by atoms with Crippen LogP contribution < -0.4 is 10.1 Å². The highest BCUT2D eigenvalue weighted by Crippen LogP contribution is 2.16. The summed E-state index contributed by atoms with van der Waals surface area (Å²) in [7, 11) is 0. The van der Waals surface area contributed by atoms with Gasteiger partial charge in [-0.05, 0) is 18.9 Å². The predicted octanol–water partition coefficient (Wildman–Crippen LogP) is 0.454. The number of nitrogens with zero attached hydrogens (tertiary/aromatic N) is 1. The molecule has 0 spiro atoms. The molecule has 0 bridgehead atoms. The van der Waals surface area contributed by atoms with E-state index in [1.165, 1.54) is 18.5 Å². The Morgan fingerprint density at radius 1 is 1.55 bits per heavy atom. The first kappa shape index (κ1) is 14.3. The number of hydrogen-bond donors (Lipinski definition) is 2. The van der Waals surface area contributed by atoms with Gasteiger partial charge in [0.2, 0.25) is 0 Å². The van der Waals surface area contributed by atoms with E-state index in [9.17, 15) is 9.59 Å². The predicted molar refractivity (Wildman–Crippen MR) is 68.7 cm³/mol. The van der Waals surface area contributed by atoms with Crippen molar-refractivity contribution < 1.29 is 24.2 Å². The number of ether oxygens (including phenoxy) is 2. The average molecular weight is 280 g/mol. The number of pyridine rings is 1. The summed E-state index contributed by atoms with van der Waals surface area (Å²) in [5, 5.41) is 11.6. The topological polar surface area (TPSA) is 97.8 Å². The van der Waals surface area contributed by atoms with Gasteiger partial charge in [-0.25, -0.2) is 4.79 Å². The molecule has 2 rings (SSSR count). The zero-order valence-corrected chi connectivity index (χ0v) is 10.9. The smallest absolute Gasteiger partial charge is 0.339 e. The number of carbonyl (C=O) groups excluding carboxylic acids is 1. The third kappa shape index (κ3) is 3.92. The monoisotopic (exact) mass is 280 g/mol. The lowest BCUT2D eigenvalue weighted by Gasteiger charge is -2.12. The molecule has 1 fully saturated rings. The minimum Gasteiger partial charge on any atom is -0.481 e. The number of amides is 1. The lowest BCUT2D eigenvalue weighted by atomic mass is 10.2. The maximum Gasteiger partial charge on any atom is 0.339 e. The van der Waals surface area contributed by atoms with Crippen molar-refractivity contribution in [3.63, 3.8) is 0 Å². The molecule has 1 aliphatic heterocycles. The number of nitrogens with one attached hydrogen (secondary N) is 1. The number of rotatable bonds is 6. The molecule has 1 unspecified atom stereocenters. The first-order chi connectivity index (χ1) is 9.66. The van der Waals surface area contributed by atoms with Crippen LogP contribution in [-0.4, -0.2) is 47.8 Å². The molecular formula is C13H16N2O5. The highest BCUT2D eigenvalue weighted by Gasteiger charge is 2.17. The second-order valence-corrected chi connectivity index (χ2v) is 4.40. The summed E-state index contributed by atoms with van der Waals surface area (Å²) in [5.41, 5.74) is -0.0214. The van der Waals surface area contributed by atoms with Crippen molar-refractivity contribution in [2.75, 3.05) is 19.8 Å². The Hall–Kier alpha value is -2.15. The van der Waals surface area contributed by atoms with Gasteiger partial charge in [-0.2, -0.15) is 0 Å². The number of hydrogen-bond acceptors (Lipinski definition) is 5. The van der Waals surface area contributed by atoms with E-state index in [4.69, 9.17) is 14.6 Å². The third-order valence-corrected chi connectivity index (χ3v) is 2.92. The molecule has 0 radical (unpaired) electrons. The molecule has 7 nitrogen and oxygen atoms in total. The largest absolute Gasteiger partial charge is 0.481 e. The van der Waals surface area contributed by atoms with E-state index in [-0.39, 0.29) is 29.9 Å². The summed E-state index contributed by atoms with van der Waals surface area (Å²) in [5.74, 6) is -1.37. The van der Waals surface area contributed by atoms with E-state index in [0.717, 1.165) is 19.4 Å². The summed E-state index contributed by atoms with van der Waals surface area (Å²) < 4.78 is 10.6. The molecule has 2 N–H and O–H groups in total. The molecule has 1 atom stereocenters. The lowest BCUT2D eigenvalue weighted by Crippen LogP contribution is -2.35. The van der Waals surface area contributed by atoms with Crippen molar-refractivity contribution in [2.24, 2.45) is 0 Å². The van der Waals surface area contributed by atoms with Crippen LogP contribution in [0.15, 0.2) is 18.5 Å². The van der Waals surface area contributed by atoms with E-state index >= 15 is 0 Å². The minimum atomic E-state index is -1.12. The maximum absolute atomic E-state index is 11.6. The van der Waals surface area contributed by atoms with Gasteiger partial charge >= 0.3 is 5.97 Å². The van der Waals surface area contributed by atoms with Gasteiger partial charge in [-0.3, -0.25) is 9.78 Å². The van der Waals surface area contributed by atoms with Gasteiger partial charge < -0.3 is 19.9 Å². The first-order valence-electron chi connectivity index (χ1n) is 6.35. The van der Waals surface area contributed by atoms with Crippen molar-refractivity contribution in [1.82, 2.24) is 10.3 Å². The van der Waals surface area contributed by atoms with Crippen LogP contribution in [0.25, 0.3) is 0 Å². The fraction of sp³-hybridized carbons (Fsp3) is 0.462. The van der Waals surface area contributed by atoms with Crippen LogP contribution in [0, 0.1) is 0 Å². The summed E-state index contributed by atoms with van der Waals surface area (Å²) in [6.07, 6.45) is 4.64. The Morgan fingerprint density at radius 3 is 3.10 bits per heavy atom. The zero-order chi connectivity index (χ0) is 14.4. The Kier molecular flexibility index (Phi) is 4.89. The summed E-state index contributed by atoms with van der Waals surface area (Å²) in [6.45, 7) is 0.925. The van der Waals surface area contributed by atoms with Crippen molar-refractivity contribution in [3.8, 4) is 5.75 Å². The molecule has 108 valence electrons. The maximum atomic E-state index is 11.6. The molecule has 0 saturated carbocycles. The van der Waals surface area contributed by atoms with Crippen molar-refractivity contribution in [1.29, 1.82) is 0 Å². The van der Waals surface area contributed by atoms with E-state index in [0.29, 0.717) is 6.54 Å². The molecule has 1 amide bonds. The number of carbonyl (C=O) groups is 2. The average Bonchev–Trinajstić information content (AvgIpc) is 2.96. The number of carboxylic acid groups (broad SMARTS) is 1. The Bertz CT molecular complexity index is 485. The molecule has 1 aromatic heterocycles. The second kappa shape index (κ2) is 6.85. The molecule has 1 aliphatic rings. The first-order valence-corrected chi connectivity index (χ1v) is 6.35. The lowest BCUT2D eigenvalue weighted by molar-refractivity contribution is -0.123. The summed E-state index contributed by atoms with van der Waals surface area (Å²) in [6, 6.07) is 1.32. The minimum absolute atomic E-state index is 0.0214. The van der Waals surface area contributed by atoms with Crippen LogP contribution in [0.3, 0.4) is 0 Å². The van der Waals surface area contributed by atoms with Gasteiger partial charge in [0.25, 0.3) is 5.91 Å². The van der Waals surface area contributed by atoms with E-state index < -0.39 is 5.97 Å². The van der Waals surface area contributed by atoms with Gasteiger partial charge in [0.1, 0.15) is 5.56 Å². The molecule has 2 heterocycles. The summed E-state index contributed by atoms with van der Waals surface area (Å²) in [4.78, 5) is 26.3.